The lowest BCUT2D eigenvalue weighted by atomic mass is 10.1. The Morgan fingerprint density at radius 2 is 2.33 bits per heavy atom. The van der Waals surface area contributed by atoms with Gasteiger partial charge >= 0.3 is 0 Å². The van der Waals surface area contributed by atoms with Crippen molar-refractivity contribution in [1.82, 2.24) is 15.2 Å². The molecule has 0 amide bonds. The van der Waals surface area contributed by atoms with Crippen molar-refractivity contribution in [3.63, 3.8) is 0 Å². The summed E-state index contributed by atoms with van der Waals surface area (Å²) < 4.78 is 5.16. The third kappa shape index (κ3) is 2.81. The number of hydrogen-bond donors (Lipinski definition) is 1. The summed E-state index contributed by atoms with van der Waals surface area (Å²) in [6.45, 7) is 1.86. The second-order valence-corrected chi connectivity index (χ2v) is 4.58. The highest BCUT2D eigenvalue weighted by molar-refractivity contribution is 7.98. The minimum atomic E-state index is 0.542. The Labute approximate surface area is 109 Å². The van der Waals surface area contributed by atoms with Crippen molar-refractivity contribution < 1.29 is 4.74 Å². The number of benzene rings is 1. The molecule has 1 N–H and O–H groups in total. The highest BCUT2D eigenvalue weighted by Gasteiger charge is 2.06. The number of methoxy groups -OCH3 is 1. The number of nitriles is 1. The molecule has 2 aromatic rings. The third-order valence-corrected chi connectivity index (χ3v) is 3.25. The Balaban J connectivity index is 2.08. The zero-order valence-electron chi connectivity index (χ0n) is 10.1. The van der Waals surface area contributed by atoms with E-state index in [0.717, 1.165) is 22.3 Å². The topological polar surface area (TPSA) is 74.6 Å². The van der Waals surface area contributed by atoms with Gasteiger partial charge in [0.1, 0.15) is 17.6 Å². The molecule has 5 nitrogen and oxygen atoms in total. The van der Waals surface area contributed by atoms with Crippen LogP contribution in [0.5, 0.6) is 5.75 Å². The third-order valence-electron chi connectivity index (χ3n) is 2.33. The number of aromatic amines is 1. The van der Waals surface area contributed by atoms with Crippen LogP contribution in [0.3, 0.4) is 0 Å². The molecule has 2 rings (SSSR count). The second kappa shape index (κ2) is 5.56. The van der Waals surface area contributed by atoms with Crippen molar-refractivity contribution in [2.24, 2.45) is 0 Å². The van der Waals surface area contributed by atoms with E-state index >= 15 is 0 Å². The molecule has 92 valence electrons. The van der Waals surface area contributed by atoms with Gasteiger partial charge in [0.05, 0.1) is 12.7 Å². The monoisotopic (exact) mass is 260 g/mol. The van der Waals surface area contributed by atoms with Gasteiger partial charge in [-0.3, -0.25) is 5.10 Å². The first-order chi connectivity index (χ1) is 8.72. The molecule has 0 unspecified atom stereocenters. The van der Waals surface area contributed by atoms with Gasteiger partial charge in [0.25, 0.3) is 0 Å². The Kier molecular flexibility index (Phi) is 3.85. The summed E-state index contributed by atoms with van der Waals surface area (Å²) in [7, 11) is 1.56. The summed E-state index contributed by atoms with van der Waals surface area (Å²) in [5, 5.41) is 16.5. The summed E-state index contributed by atoms with van der Waals surface area (Å²) >= 11 is 1.54. The molecule has 0 saturated heterocycles. The first-order valence-electron chi connectivity index (χ1n) is 5.31. The van der Waals surface area contributed by atoms with Gasteiger partial charge in [0.2, 0.25) is 5.16 Å². The molecular formula is C12H12N4OS. The average molecular weight is 260 g/mol. The van der Waals surface area contributed by atoms with Crippen LogP contribution in [0.1, 0.15) is 17.0 Å². The minimum Gasteiger partial charge on any atom is -0.495 e. The average Bonchev–Trinajstić information content (AvgIpc) is 2.81. The lowest BCUT2D eigenvalue weighted by Gasteiger charge is -2.05. The number of rotatable bonds is 4. The van der Waals surface area contributed by atoms with E-state index in [1.54, 1.807) is 13.2 Å². The largest absolute Gasteiger partial charge is 0.495 e. The van der Waals surface area contributed by atoms with Gasteiger partial charge in [-0.1, -0.05) is 17.8 Å². The molecule has 1 heterocycles. The number of aromatic nitrogens is 3. The first-order valence-corrected chi connectivity index (χ1v) is 6.30. The van der Waals surface area contributed by atoms with E-state index in [-0.39, 0.29) is 0 Å². The molecule has 0 saturated carbocycles. The molecule has 18 heavy (non-hydrogen) atoms. The highest BCUT2D eigenvalue weighted by atomic mass is 32.2. The van der Waals surface area contributed by atoms with Gasteiger partial charge in [-0.05, 0) is 24.6 Å². The summed E-state index contributed by atoms with van der Waals surface area (Å²) in [6.07, 6.45) is 0. The maximum Gasteiger partial charge on any atom is 0.208 e. The first kappa shape index (κ1) is 12.5. The molecule has 0 atom stereocenters. The van der Waals surface area contributed by atoms with E-state index < -0.39 is 0 Å². The number of aryl methyl sites for hydroxylation is 1. The van der Waals surface area contributed by atoms with Crippen molar-refractivity contribution in [1.29, 1.82) is 5.26 Å². The number of H-pyrrole nitrogens is 1. The minimum absolute atomic E-state index is 0.542. The predicted octanol–water partition coefficient (Wildman–Crippen LogP) is 2.29. The van der Waals surface area contributed by atoms with Gasteiger partial charge in [-0.15, -0.1) is 5.10 Å². The lowest BCUT2D eigenvalue weighted by molar-refractivity contribution is 0.413. The van der Waals surface area contributed by atoms with Crippen LogP contribution in [-0.4, -0.2) is 22.3 Å². The number of nitrogens with one attached hydrogen (secondary N) is 1. The summed E-state index contributed by atoms with van der Waals surface area (Å²) in [6, 6.07) is 7.63. The fraction of sp³-hybridized carbons (Fsp3) is 0.250. The Bertz CT molecular complexity index is 588. The van der Waals surface area contributed by atoms with Crippen LogP contribution in [-0.2, 0) is 5.75 Å². The molecule has 0 fully saturated rings. The SMILES string of the molecule is COc1cc(CSc2n[nH]c(C)n2)ccc1C#N. The zero-order chi connectivity index (χ0) is 13.0. The molecule has 0 aliphatic heterocycles. The molecular weight excluding hydrogens is 248 g/mol. The summed E-state index contributed by atoms with van der Waals surface area (Å²) in [4.78, 5) is 4.21. The Hall–Kier alpha value is -2.00. The van der Waals surface area contributed by atoms with E-state index in [1.165, 1.54) is 11.8 Å². The van der Waals surface area contributed by atoms with Crippen molar-refractivity contribution >= 4 is 11.8 Å². The molecule has 0 bridgehead atoms. The van der Waals surface area contributed by atoms with E-state index in [2.05, 4.69) is 21.3 Å². The van der Waals surface area contributed by atoms with Gasteiger partial charge in [0.15, 0.2) is 0 Å². The number of nitrogens with zero attached hydrogens (tertiary/aromatic N) is 3. The van der Waals surface area contributed by atoms with E-state index in [1.807, 2.05) is 19.1 Å². The Morgan fingerprint density at radius 3 is 2.94 bits per heavy atom. The summed E-state index contributed by atoms with van der Waals surface area (Å²) in [5.41, 5.74) is 1.61. The molecule has 0 spiro atoms. The van der Waals surface area contributed by atoms with Crippen molar-refractivity contribution in [3.8, 4) is 11.8 Å². The standard InChI is InChI=1S/C12H12N4OS/c1-8-14-12(16-15-8)18-7-9-3-4-10(6-13)11(5-9)17-2/h3-5H,7H2,1-2H3,(H,14,15,16). The maximum absolute atomic E-state index is 8.89. The molecule has 0 radical (unpaired) electrons. The summed E-state index contributed by atoms with van der Waals surface area (Å²) in [5.74, 6) is 2.14. The van der Waals surface area contributed by atoms with Crippen molar-refractivity contribution in [3.05, 3.63) is 35.2 Å². The van der Waals surface area contributed by atoms with Gasteiger partial charge in [-0.2, -0.15) is 5.26 Å². The molecule has 1 aromatic heterocycles. The number of hydrogen-bond acceptors (Lipinski definition) is 5. The maximum atomic E-state index is 8.89. The highest BCUT2D eigenvalue weighted by Crippen LogP contribution is 2.24. The van der Waals surface area contributed by atoms with E-state index in [4.69, 9.17) is 10.00 Å². The van der Waals surface area contributed by atoms with Gasteiger partial charge in [-0.25, -0.2) is 4.98 Å². The molecule has 6 heteroatoms. The Morgan fingerprint density at radius 1 is 1.50 bits per heavy atom. The predicted molar refractivity (Wildman–Crippen MR) is 68.4 cm³/mol. The zero-order valence-corrected chi connectivity index (χ0v) is 10.9. The molecule has 1 aromatic carbocycles. The van der Waals surface area contributed by atoms with E-state index in [9.17, 15) is 0 Å². The second-order valence-electron chi connectivity index (χ2n) is 3.64. The van der Waals surface area contributed by atoms with Crippen LogP contribution in [0.25, 0.3) is 0 Å². The number of ether oxygens (including phenoxy) is 1. The normalized spacial score (nSPS) is 10.1. The fourth-order valence-corrected chi connectivity index (χ4v) is 2.24. The van der Waals surface area contributed by atoms with Crippen LogP contribution >= 0.6 is 11.8 Å². The van der Waals surface area contributed by atoms with Crippen LogP contribution in [0.4, 0.5) is 0 Å². The van der Waals surface area contributed by atoms with Gasteiger partial charge < -0.3 is 4.74 Å². The fourth-order valence-electron chi connectivity index (χ4n) is 1.45. The quantitative estimate of drug-likeness (QED) is 0.854. The number of thioether (sulfide) groups is 1. The van der Waals surface area contributed by atoms with Crippen molar-refractivity contribution in [2.75, 3.05) is 7.11 Å². The van der Waals surface area contributed by atoms with Crippen LogP contribution < -0.4 is 4.74 Å². The van der Waals surface area contributed by atoms with Crippen LogP contribution in [0, 0.1) is 18.3 Å². The van der Waals surface area contributed by atoms with E-state index in [0.29, 0.717) is 11.3 Å². The molecule has 0 aliphatic rings. The smallest absolute Gasteiger partial charge is 0.208 e. The lowest BCUT2D eigenvalue weighted by Crippen LogP contribution is -1.90. The van der Waals surface area contributed by atoms with Crippen molar-refractivity contribution in [2.45, 2.75) is 17.8 Å². The van der Waals surface area contributed by atoms with Crippen LogP contribution in [0.2, 0.25) is 0 Å². The van der Waals surface area contributed by atoms with Gasteiger partial charge in [0, 0.05) is 5.75 Å². The molecule has 0 aliphatic carbocycles. The van der Waals surface area contributed by atoms with Crippen LogP contribution in [0.15, 0.2) is 23.4 Å².